The monoisotopic (exact) mass is 330 g/mol. The lowest BCUT2D eigenvalue weighted by Crippen LogP contribution is -2.47. The van der Waals surface area contributed by atoms with Gasteiger partial charge in [0.2, 0.25) is 11.8 Å². The minimum Gasteiger partial charge on any atom is -0.397 e. The number of aromatic nitrogens is 1. The van der Waals surface area contributed by atoms with Crippen LogP contribution < -0.4 is 11.1 Å². The average molecular weight is 330 g/mol. The maximum Gasteiger partial charge on any atom is 0.414 e. The lowest BCUT2D eigenvalue weighted by atomic mass is 10.0. The van der Waals surface area contributed by atoms with E-state index in [9.17, 15) is 22.8 Å². The molecule has 1 aliphatic rings. The molecule has 1 aromatic rings. The zero-order valence-electron chi connectivity index (χ0n) is 12.6. The van der Waals surface area contributed by atoms with E-state index in [2.05, 4.69) is 10.3 Å². The highest BCUT2D eigenvalue weighted by molar-refractivity contribution is 6.07. The van der Waals surface area contributed by atoms with Crippen molar-refractivity contribution in [2.75, 3.05) is 19.8 Å². The van der Waals surface area contributed by atoms with Gasteiger partial charge in [0.15, 0.2) is 6.04 Å². The normalized spacial score (nSPS) is 17.3. The van der Waals surface area contributed by atoms with Crippen LogP contribution in [0, 0.1) is 5.41 Å². The van der Waals surface area contributed by atoms with E-state index < -0.39 is 29.4 Å². The Bertz CT molecular complexity index is 611. The summed E-state index contributed by atoms with van der Waals surface area (Å²) in [6, 6.07) is 0.166. The second-order valence-corrected chi connectivity index (χ2v) is 5.54. The third-order valence-electron chi connectivity index (χ3n) is 3.93. The second-order valence-electron chi connectivity index (χ2n) is 5.54. The number of amides is 2. The molecule has 1 heterocycles. The standard InChI is InChI=1S/C14H17F3N4O2/c1-19-11(22)13(5-6-13)12(23)21(2)10(14(15,16)17)9-4-3-8(18)7-20-9/h3-4,7,10H,5-6,18H2,1-2H3,(H,19,22)/t10-/m0/s1. The molecule has 0 spiro atoms. The molecule has 23 heavy (non-hydrogen) atoms. The molecule has 2 amide bonds. The summed E-state index contributed by atoms with van der Waals surface area (Å²) in [5.74, 6) is -1.43. The molecule has 126 valence electrons. The van der Waals surface area contributed by atoms with Gasteiger partial charge in [-0.15, -0.1) is 0 Å². The summed E-state index contributed by atoms with van der Waals surface area (Å²) in [5, 5.41) is 2.33. The van der Waals surface area contributed by atoms with E-state index in [0.29, 0.717) is 4.90 Å². The molecule has 0 saturated heterocycles. The van der Waals surface area contributed by atoms with E-state index in [4.69, 9.17) is 5.73 Å². The van der Waals surface area contributed by atoms with Gasteiger partial charge in [0.1, 0.15) is 5.41 Å². The molecule has 1 aliphatic carbocycles. The van der Waals surface area contributed by atoms with Crippen LogP contribution in [0.5, 0.6) is 0 Å². The molecule has 0 aromatic carbocycles. The number of rotatable bonds is 4. The Morgan fingerprint density at radius 2 is 2.00 bits per heavy atom. The van der Waals surface area contributed by atoms with Gasteiger partial charge in [-0.1, -0.05) is 0 Å². The predicted molar refractivity (Wildman–Crippen MR) is 75.9 cm³/mol. The maximum atomic E-state index is 13.4. The lowest BCUT2D eigenvalue weighted by molar-refractivity contribution is -0.192. The second kappa shape index (κ2) is 5.71. The Morgan fingerprint density at radius 1 is 1.39 bits per heavy atom. The number of carbonyl (C=O) groups excluding carboxylic acids is 2. The zero-order chi connectivity index (χ0) is 17.4. The van der Waals surface area contributed by atoms with Crippen LogP contribution in [-0.2, 0) is 9.59 Å². The Balaban J connectivity index is 2.35. The molecular formula is C14H17F3N4O2. The van der Waals surface area contributed by atoms with Gasteiger partial charge in [0.05, 0.1) is 17.6 Å². The number of anilines is 1. The van der Waals surface area contributed by atoms with Crippen molar-refractivity contribution in [2.24, 2.45) is 5.41 Å². The third-order valence-corrected chi connectivity index (χ3v) is 3.93. The molecule has 1 fully saturated rings. The summed E-state index contributed by atoms with van der Waals surface area (Å²) in [7, 11) is 2.37. The highest BCUT2D eigenvalue weighted by Gasteiger charge is 2.60. The fourth-order valence-electron chi connectivity index (χ4n) is 2.52. The summed E-state index contributed by atoms with van der Waals surface area (Å²) in [6.07, 6.45) is -3.17. The number of alkyl halides is 3. The summed E-state index contributed by atoms with van der Waals surface area (Å²) in [6.45, 7) is 0. The van der Waals surface area contributed by atoms with E-state index >= 15 is 0 Å². The average Bonchev–Trinajstić information content (AvgIpc) is 3.28. The van der Waals surface area contributed by atoms with Gasteiger partial charge < -0.3 is 16.0 Å². The quantitative estimate of drug-likeness (QED) is 0.813. The van der Waals surface area contributed by atoms with Crippen LogP contribution in [0.1, 0.15) is 24.6 Å². The van der Waals surface area contributed by atoms with Crippen LogP contribution in [0.15, 0.2) is 18.3 Å². The smallest absolute Gasteiger partial charge is 0.397 e. The first-order chi connectivity index (χ1) is 10.6. The highest BCUT2D eigenvalue weighted by atomic mass is 19.4. The zero-order valence-corrected chi connectivity index (χ0v) is 12.6. The minimum atomic E-state index is -4.73. The van der Waals surface area contributed by atoms with Crippen molar-refractivity contribution in [3.63, 3.8) is 0 Å². The molecule has 3 N–H and O–H groups in total. The van der Waals surface area contributed by atoms with Crippen molar-refractivity contribution < 1.29 is 22.8 Å². The van der Waals surface area contributed by atoms with Crippen LogP contribution in [0.2, 0.25) is 0 Å². The van der Waals surface area contributed by atoms with Gasteiger partial charge in [0, 0.05) is 14.1 Å². The van der Waals surface area contributed by atoms with Crippen molar-refractivity contribution in [2.45, 2.75) is 25.1 Å². The molecule has 0 unspecified atom stereocenters. The van der Waals surface area contributed by atoms with Crippen molar-refractivity contribution in [3.8, 4) is 0 Å². The van der Waals surface area contributed by atoms with E-state index in [1.54, 1.807) is 0 Å². The number of nitrogens with one attached hydrogen (secondary N) is 1. The molecule has 1 saturated carbocycles. The number of nitrogen functional groups attached to an aromatic ring is 1. The lowest BCUT2D eigenvalue weighted by Gasteiger charge is -2.32. The number of hydrogen-bond donors (Lipinski definition) is 2. The third kappa shape index (κ3) is 3.08. The van der Waals surface area contributed by atoms with E-state index in [1.165, 1.54) is 13.1 Å². The first-order valence-corrected chi connectivity index (χ1v) is 6.91. The molecule has 1 atom stereocenters. The van der Waals surface area contributed by atoms with Gasteiger partial charge in [-0.3, -0.25) is 14.6 Å². The predicted octanol–water partition coefficient (Wildman–Crippen LogP) is 1.25. The molecule has 0 radical (unpaired) electrons. The fraction of sp³-hybridized carbons (Fsp3) is 0.500. The fourth-order valence-corrected chi connectivity index (χ4v) is 2.52. The van der Waals surface area contributed by atoms with Crippen LogP contribution in [0.4, 0.5) is 18.9 Å². The topological polar surface area (TPSA) is 88.3 Å². The van der Waals surface area contributed by atoms with Crippen molar-refractivity contribution in [3.05, 3.63) is 24.0 Å². The van der Waals surface area contributed by atoms with Crippen molar-refractivity contribution in [1.29, 1.82) is 0 Å². The SMILES string of the molecule is CNC(=O)C1(C(=O)N(C)[C@@H](c2ccc(N)cn2)C(F)(F)F)CC1. The molecule has 1 aromatic heterocycles. The van der Waals surface area contributed by atoms with E-state index in [1.807, 2.05) is 0 Å². The molecule has 9 heteroatoms. The molecule has 2 rings (SSSR count). The van der Waals surface area contributed by atoms with Crippen LogP contribution in [-0.4, -0.2) is 42.0 Å². The first kappa shape index (κ1) is 17.0. The number of pyridine rings is 1. The summed E-state index contributed by atoms with van der Waals surface area (Å²) in [4.78, 5) is 28.5. The number of halogens is 3. The maximum absolute atomic E-state index is 13.4. The van der Waals surface area contributed by atoms with Gasteiger partial charge in [-0.05, 0) is 25.0 Å². The Labute approximate surface area is 130 Å². The van der Waals surface area contributed by atoms with Gasteiger partial charge in [0.25, 0.3) is 0 Å². The first-order valence-electron chi connectivity index (χ1n) is 6.91. The van der Waals surface area contributed by atoms with Gasteiger partial charge in [-0.25, -0.2) is 0 Å². The van der Waals surface area contributed by atoms with Crippen LogP contribution in [0.25, 0.3) is 0 Å². The van der Waals surface area contributed by atoms with Crippen LogP contribution >= 0.6 is 0 Å². The number of carbonyl (C=O) groups is 2. The van der Waals surface area contributed by atoms with Crippen molar-refractivity contribution in [1.82, 2.24) is 15.2 Å². The van der Waals surface area contributed by atoms with Crippen LogP contribution in [0.3, 0.4) is 0 Å². The summed E-state index contributed by atoms with van der Waals surface area (Å²) < 4.78 is 40.3. The summed E-state index contributed by atoms with van der Waals surface area (Å²) in [5.41, 5.74) is 3.89. The van der Waals surface area contributed by atoms with E-state index in [0.717, 1.165) is 19.3 Å². The minimum absolute atomic E-state index is 0.215. The Morgan fingerprint density at radius 3 is 2.39 bits per heavy atom. The molecule has 6 nitrogen and oxygen atoms in total. The number of nitrogens with two attached hydrogens (primary N) is 1. The van der Waals surface area contributed by atoms with Gasteiger partial charge >= 0.3 is 6.18 Å². The summed E-state index contributed by atoms with van der Waals surface area (Å²) >= 11 is 0. The Kier molecular flexibility index (Phi) is 4.23. The molecule has 0 bridgehead atoms. The molecular weight excluding hydrogens is 313 g/mol. The largest absolute Gasteiger partial charge is 0.414 e. The van der Waals surface area contributed by atoms with Crippen molar-refractivity contribution >= 4 is 17.5 Å². The number of hydrogen-bond acceptors (Lipinski definition) is 4. The Hall–Kier alpha value is -2.32. The van der Waals surface area contributed by atoms with E-state index in [-0.39, 0.29) is 24.2 Å². The number of nitrogens with zero attached hydrogens (tertiary/aromatic N) is 2. The highest BCUT2D eigenvalue weighted by Crippen LogP contribution is 2.49. The van der Waals surface area contributed by atoms with Gasteiger partial charge in [-0.2, -0.15) is 13.2 Å². The molecule has 0 aliphatic heterocycles.